The van der Waals surface area contributed by atoms with Gasteiger partial charge in [0.2, 0.25) is 15.9 Å². The van der Waals surface area contributed by atoms with Crippen LogP contribution in [0.2, 0.25) is 0 Å². The first-order valence-electron chi connectivity index (χ1n) is 13.3. The predicted molar refractivity (Wildman–Crippen MR) is 145 cm³/mol. The van der Waals surface area contributed by atoms with Gasteiger partial charge in [0, 0.05) is 4.88 Å². The van der Waals surface area contributed by atoms with E-state index in [4.69, 9.17) is 4.74 Å². The summed E-state index contributed by atoms with van der Waals surface area (Å²) in [6.07, 6.45) is 11.6. The van der Waals surface area contributed by atoms with Crippen LogP contribution >= 0.6 is 11.3 Å². The average Bonchev–Trinajstić information content (AvgIpc) is 3.41. The predicted octanol–water partition coefficient (Wildman–Crippen LogP) is 4.90. The van der Waals surface area contributed by atoms with Crippen LogP contribution in [-0.2, 0) is 37.8 Å². The number of esters is 1. The molecule has 1 amide bonds. The number of benzene rings is 1. The molecule has 1 aromatic carbocycles. The molecule has 0 atom stereocenters. The number of amides is 1. The van der Waals surface area contributed by atoms with Gasteiger partial charge >= 0.3 is 5.97 Å². The Hall–Kier alpha value is -2.39. The second-order valence-electron chi connectivity index (χ2n) is 11.6. The second-order valence-corrected chi connectivity index (χ2v) is 14.6. The fourth-order valence-corrected chi connectivity index (χ4v) is 10.1. The summed E-state index contributed by atoms with van der Waals surface area (Å²) in [6, 6.07) is 7.86. The van der Waals surface area contributed by atoms with Crippen LogP contribution in [0.3, 0.4) is 0 Å². The molecule has 4 bridgehead atoms. The number of hydrogen-bond acceptors (Lipinski definition) is 6. The van der Waals surface area contributed by atoms with Crippen LogP contribution in [0, 0.1) is 17.8 Å². The lowest BCUT2D eigenvalue weighted by Crippen LogP contribution is -2.48. The number of thiophene rings is 1. The van der Waals surface area contributed by atoms with Crippen LogP contribution in [0.15, 0.2) is 24.3 Å². The molecule has 1 aromatic heterocycles. The number of carbonyl (C=O) groups is 2. The van der Waals surface area contributed by atoms with E-state index in [-0.39, 0.29) is 12.0 Å². The van der Waals surface area contributed by atoms with E-state index < -0.39 is 21.9 Å². The van der Waals surface area contributed by atoms with Gasteiger partial charge in [0.05, 0.1) is 24.6 Å². The molecule has 5 aliphatic carbocycles. The summed E-state index contributed by atoms with van der Waals surface area (Å²) in [5, 5.41) is 3.24. The van der Waals surface area contributed by atoms with Crippen LogP contribution in [0.25, 0.3) is 0 Å². The van der Waals surface area contributed by atoms with E-state index in [2.05, 4.69) is 17.4 Å². The number of anilines is 2. The number of rotatable bonds is 7. The zero-order valence-electron chi connectivity index (χ0n) is 21.4. The summed E-state index contributed by atoms with van der Waals surface area (Å²) in [7, 11) is -2.38. The monoisotopic (exact) mass is 542 g/mol. The zero-order valence-corrected chi connectivity index (χ0v) is 23.1. The van der Waals surface area contributed by atoms with Crippen molar-refractivity contribution in [2.45, 2.75) is 63.2 Å². The lowest BCUT2D eigenvalue weighted by Gasteiger charge is -2.57. The Morgan fingerprint density at radius 2 is 1.68 bits per heavy atom. The summed E-state index contributed by atoms with van der Waals surface area (Å²) in [5.41, 5.74) is 3.35. The van der Waals surface area contributed by atoms with Crippen LogP contribution in [0.5, 0.6) is 0 Å². The smallest absolute Gasteiger partial charge is 0.341 e. The van der Waals surface area contributed by atoms with Gasteiger partial charge in [-0.05, 0) is 104 Å². The molecule has 4 saturated carbocycles. The molecule has 37 heavy (non-hydrogen) atoms. The van der Waals surface area contributed by atoms with E-state index in [9.17, 15) is 18.0 Å². The third-order valence-corrected chi connectivity index (χ3v) is 11.4. The average molecular weight is 543 g/mol. The molecule has 7 nitrogen and oxygen atoms in total. The lowest BCUT2D eigenvalue weighted by atomic mass is 9.48. The lowest BCUT2D eigenvalue weighted by molar-refractivity contribution is -0.114. The number of nitrogens with one attached hydrogen (secondary N) is 1. The van der Waals surface area contributed by atoms with Crippen LogP contribution in [0.1, 0.15) is 71.3 Å². The molecule has 0 spiro atoms. The molecule has 7 rings (SSSR count). The Morgan fingerprint density at radius 1 is 1.05 bits per heavy atom. The quantitative estimate of drug-likeness (QED) is 0.503. The second kappa shape index (κ2) is 9.12. The highest BCUT2D eigenvalue weighted by molar-refractivity contribution is 7.92. The Kier molecular flexibility index (Phi) is 6.14. The first-order chi connectivity index (χ1) is 17.6. The molecule has 0 aliphatic heterocycles. The molecule has 0 unspecified atom stereocenters. The van der Waals surface area contributed by atoms with Gasteiger partial charge in [-0.15, -0.1) is 11.3 Å². The van der Waals surface area contributed by atoms with Crippen molar-refractivity contribution in [3.63, 3.8) is 0 Å². The SMILES string of the molecule is COC(=O)c1c(NC(=O)CN(c2ccc(C34CC5CC(CC(C5)C3)C4)cc2)S(C)(=O)=O)sc2c1CCC2. The number of hydrogen-bond donors (Lipinski definition) is 1. The van der Waals surface area contributed by atoms with Crippen molar-refractivity contribution in [2.75, 3.05) is 29.5 Å². The largest absolute Gasteiger partial charge is 0.465 e. The van der Waals surface area contributed by atoms with Crippen molar-refractivity contribution in [1.29, 1.82) is 0 Å². The molecule has 0 radical (unpaired) electrons. The number of sulfonamides is 1. The van der Waals surface area contributed by atoms with Crippen LogP contribution < -0.4 is 9.62 Å². The molecule has 198 valence electrons. The van der Waals surface area contributed by atoms with Crippen molar-refractivity contribution >= 4 is 43.9 Å². The Morgan fingerprint density at radius 3 is 2.24 bits per heavy atom. The van der Waals surface area contributed by atoms with Gasteiger partial charge in [-0.1, -0.05) is 12.1 Å². The summed E-state index contributed by atoms with van der Waals surface area (Å²) >= 11 is 1.38. The van der Waals surface area contributed by atoms with Crippen molar-refractivity contribution in [1.82, 2.24) is 0 Å². The Balaban J connectivity index is 1.22. The van der Waals surface area contributed by atoms with E-state index in [1.54, 1.807) is 0 Å². The van der Waals surface area contributed by atoms with Crippen molar-refractivity contribution in [2.24, 2.45) is 17.8 Å². The van der Waals surface area contributed by atoms with Gasteiger partial charge in [0.15, 0.2) is 0 Å². The minimum absolute atomic E-state index is 0.227. The highest BCUT2D eigenvalue weighted by Crippen LogP contribution is 2.60. The van der Waals surface area contributed by atoms with Crippen molar-refractivity contribution in [3.05, 3.63) is 45.8 Å². The number of carbonyl (C=O) groups excluding carboxylic acids is 2. The maximum absolute atomic E-state index is 13.1. The van der Waals surface area contributed by atoms with Gasteiger partial charge < -0.3 is 10.1 Å². The number of nitrogens with zero attached hydrogens (tertiary/aromatic N) is 1. The molecular formula is C28H34N2O5S2. The molecule has 5 aliphatic rings. The van der Waals surface area contributed by atoms with Crippen LogP contribution in [-0.4, -0.2) is 40.2 Å². The third-order valence-electron chi connectivity index (χ3n) is 9.06. The summed E-state index contributed by atoms with van der Waals surface area (Å²) in [4.78, 5) is 26.6. The number of aryl methyl sites for hydroxylation is 1. The number of fused-ring (bicyclic) bond motifs is 1. The maximum Gasteiger partial charge on any atom is 0.341 e. The topological polar surface area (TPSA) is 92.8 Å². The van der Waals surface area contributed by atoms with E-state index in [1.165, 1.54) is 62.5 Å². The molecule has 2 aromatic rings. The van der Waals surface area contributed by atoms with Crippen molar-refractivity contribution in [3.8, 4) is 0 Å². The first kappa shape index (κ1) is 24.9. The normalized spacial score (nSPS) is 27.7. The third kappa shape index (κ3) is 4.48. The van der Waals surface area contributed by atoms with Gasteiger partial charge in [0.25, 0.3) is 0 Å². The van der Waals surface area contributed by atoms with E-state index in [0.29, 0.717) is 16.3 Å². The molecular weight excluding hydrogens is 508 g/mol. The Bertz CT molecular complexity index is 1310. The van der Waals surface area contributed by atoms with Crippen LogP contribution in [0.4, 0.5) is 10.7 Å². The number of methoxy groups -OCH3 is 1. The first-order valence-corrected chi connectivity index (χ1v) is 15.9. The molecule has 4 fully saturated rings. The highest BCUT2D eigenvalue weighted by atomic mass is 32.2. The minimum atomic E-state index is -3.71. The summed E-state index contributed by atoms with van der Waals surface area (Å²) in [5.74, 6) is 1.53. The summed E-state index contributed by atoms with van der Waals surface area (Å²) < 4.78 is 31.6. The molecule has 1 N–H and O–H groups in total. The van der Waals surface area contributed by atoms with E-state index in [1.807, 2.05) is 12.1 Å². The van der Waals surface area contributed by atoms with Crippen molar-refractivity contribution < 1.29 is 22.7 Å². The molecule has 1 heterocycles. The van der Waals surface area contributed by atoms with Gasteiger partial charge in [-0.3, -0.25) is 9.10 Å². The molecule has 9 heteroatoms. The number of ether oxygens (including phenoxy) is 1. The highest BCUT2D eigenvalue weighted by Gasteiger charge is 2.51. The van der Waals surface area contributed by atoms with E-state index >= 15 is 0 Å². The maximum atomic E-state index is 13.1. The fraction of sp³-hybridized carbons (Fsp3) is 0.571. The minimum Gasteiger partial charge on any atom is -0.465 e. The standard InChI is InChI=1S/C28H34N2O5S2/c1-35-27(32)25-22-4-3-5-23(22)36-26(25)29-24(31)16-30(37(2,33)34)21-8-6-20(7-9-21)28-13-17-10-18(14-28)12-19(11-17)15-28/h6-9,17-19H,3-5,10-16H2,1-2H3,(H,29,31). The van der Waals surface area contributed by atoms with Gasteiger partial charge in [-0.25, -0.2) is 13.2 Å². The molecule has 0 saturated heterocycles. The summed E-state index contributed by atoms with van der Waals surface area (Å²) in [6.45, 7) is -0.362. The Labute approximate surface area is 222 Å². The fourth-order valence-electron chi connectivity index (χ4n) is 7.95. The van der Waals surface area contributed by atoms with E-state index in [0.717, 1.165) is 58.0 Å². The zero-order chi connectivity index (χ0) is 25.9. The van der Waals surface area contributed by atoms with Gasteiger partial charge in [-0.2, -0.15) is 0 Å². The van der Waals surface area contributed by atoms with Gasteiger partial charge in [0.1, 0.15) is 11.5 Å².